The van der Waals surface area contributed by atoms with Crippen molar-refractivity contribution in [1.82, 2.24) is 10.2 Å². The molecule has 0 aromatic rings. The number of likely N-dealkylation sites (tertiary alicyclic amines) is 1. The van der Waals surface area contributed by atoms with Gasteiger partial charge in [0.2, 0.25) is 5.91 Å². The fraction of sp³-hybridized carbons (Fsp3) is 0.933. The van der Waals surface area contributed by atoms with Gasteiger partial charge in [0, 0.05) is 6.54 Å². The van der Waals surface area contributed by atoms with Crippen LogP contribution in [0.15, 0.2) is 0 Å². The number of hydrogen-bond donors (Lipinski definition) is 2. The molecular weight excluding hydrogens is 238 g/mol. The van der Waals surface area contributed by atoms with Crippen LogP contribution >= 0.6 is 0 Å². The smallest absolute Gasteiger partial charge is 0.234 e. The Bertz CT molecular complexity index is 268. The molecule has 4 heteroatoms. The average molecular weight is 269 g/mol. The van der Waals surface area contributed by atoms with Crippen LogP contribution in [-0.4, -0.2) is 43.0 Å². The first kappa shape index (κ1) is 16.4. The van der Waals surface area contributed by atoms with Crippen LogP contribution in [-0.2, 0) is 4.79 Å². The molecule has 0 aromatic carbocycles. The molecule has 4 nitrogen and oxygen atoms in total. The van der Waals surface area contributed by atoms with E-state index in [4.69, 9.17) is 5.73 Å². The van der Waals surface area contributed by atoms with Gasteiger partial charge in [-0.05, 0) is 57.2 Å². The molecule has 1 heterocycles. The summed E-state index contributed by atoms with van der Waals surface area (Å²) in [6.45, 7) is 10.8. The Hall–Kier alpha value is -0.610. The predicted molar refractivity (Wildman–Crippen MR) is 79.9 cm³/mol. The van der Waals surface area contributed by atoms with Crippen molar-refractivity contribution in [1.29, 1.82) is 0 Å². The molecule has 1 aliphatic rings. The molecule has 0 aliphatic carbocycles. The van der Waals surface area contributed by atoms with E-state index in [2.05, 4.69) is 24.1 Å². The lowest BCUT2D eigenvalue weighted by molar-refractivity contribution is -0.120. The zero-order valence-electron chi connectivity index (χ0n) is 12.8. The highest BCUT2D eigenvalue weighted by atomic mass is 16.1. The van der Waals surface area contributed by atoms with Gasteiger partial charge in [0.05, 0.1) is 6.04 Å². The third-order valence-electron chi connectivity index (χ3n) is 4.34. The average Bonchev–Trinajstić information content (AvgIpc) is 2.59. The lowest BCUT2D eigenvalue weighted by atomic mass is 9.89. The van der Waals surface area contributed by atoms with Crippen LogP contribution in [0.3, 0.4) is 0 Å². The molecule has 2 unspecified atom stereocenters. The van der Waals surface area contributed by atoms with E-state index in [0.717, 1.165) is 31.3 Å². The van der Waals surface area contributed by atoms with E-state index in [9.17, 15) is 4.79 Å². The highest BCUT2D eigenvalue weighted by molar-refractivity contribution is 5.79. The summed E-state index contributed by atoms with van der Waals surface area (Å²) in [5.74, 6) is 1.43. The topological polar surface area (TPSA) is 58.4 Å². The Labute approximate surface area is 118 Å². The summed E-state index contributed by atoms with van der Waals surface area (Å²) >= 11 is 0. The molecule has 1 amide bonds. The highest BCUT2D eigenvalue weighted by Gasteiger charge is 2.21. The summed E-state index contributed by atoms with van der Waals surface area (Å²) in [4.78, 5) is 13.8. The predicted octanol–water partition coefficient (Wildman–Crippen LogP) is 1.60. The molecule has 2 atom stereocenters. The van der Waals surface area contributed by atoms with Gasteiger partial charge in [-0.15, -0.1) is 0 Å². The maximum Gasteiger partial charge on any atom is 0.234 e. The van der Waals surface area contributed by atoms with Gasteiger partial charge in [-0.2, -0.15) is 0 Å². The maximum atomic E-state index is 11.3. The van der Waals surface area contributed by atoms with Crippen molar-refractivity contribution in [3.63, 3.8) is 0 Å². The van der Waals surface area contributed by atoms with E-state index in [1.807, 2.05) is 6.92 Å². The molecule has 1 saturated heterocycles. The van der Waals surface area contributed by atoms with Crippen molar-refractivity contribution in [2.45, 2.75) is 52.5 Å². The maximum absolute atomic E-state index is 11.3. The van der Waals surface area contributed by atoms with Crippen molar-refractivity contribution in [3.8, 4) is 0 Å². The van der Waals surface area contributed by atoms with Crippen LogP contribution in [0, 0.1) is 11.8 Å². The monoisotopic (exact) mass is 269 g/mol. The van der Waals surface area contributed by atoms with Crippen molar-refractivity contribution >= 4 is 5.91 Å². The van der Waals surface area contributed by atoms with E-state index < -0.39 is 0 Å². The minimum atomic E-state index is -0.225. The van der Waals surface area contributed by atoms with Gasteiger partial charge in [-0.25, -0.2) is 0 Å². The Balaban J connectivity index is 2.34. The Morgan fingerprint density at radius 2 is 2.11 bits per heavy atom. The Morgan fingerprint density at radius 3 is 2.68 bits per heavy atom. The summed E-state index contributed by atoms with van der Waals surface area (Å²) in [7, 11) is 0. The van der Waals surface area contributed by atoms with Crippen LogP contribution in [0.4, 0.5) is 0 Å². The number of nitrogens with two attached hydrogens (primary N) is 1. The number of nitrogens with one attached hydrogen (secondary N) is 1. The summed E-state index contributed by atoms with van der Waals surface area (Å²) < 4.78 is 0. The lowest BCUT2D eigenvalue weighted by Crippen LogP contribution is -2.43. The quantitative estimate of drug-likeness (QED) is 0.738. The van der Waals surface area contributed by atoms with E-state index in [1.54, 1.807) is 0 Å². The molecule has 0 spiro atoms. The summed E-state index contributed by atoms with van der Waals surface area (Å²) in [6.07, 6.45) is 4.75. The molecule has 19 heavy (non-hydrogen) atoms. The van der Waals surface area contributed by atoms with Gasteiger partial charge < -0.3 is 16.0 Å². The number of amides is 1. The lowest BCUT2D eigenvalue weighted by Gasteiger charge is -2.23. The van der Waals surface area contributed by atoms with Gasteiger partial charge in [-0.3, -0.25) is 4.79 Å². The van der Waals surface area contributed by atoms with Crippen LogP contribution in [0.1, 0.15) is 46.5 Å². The second-order valence-electron chi connectivity index (χ2n) is 6.08. The van der Waals surface area contributed by atoms with Crippen molar-refractivity contribution in [3.05, 3.63) is 0 Å². The molecule has 0 aromatic heterocycles. The third-order valence-corrected chi connectivity index (χ3v) is 4.34. The fourth-order valence-electron chi connectivity index (χ4n) is 2.97. The van der Waals surface area contributed by atoms with Crippen molar-refractivity contribution < 1.29 is 4.79 Å². The molecule has 0 radical (unpaired) electrons. The molecule has 1 fully saturated rings. The van der Waals surface area contributed by atoms with Crippen LogP contribution < -0.4 is 11.1 Å². The van der Waals surface area contributed by atoms with Gasteiger partial charge in [0.1, 0.15) is 0 Å². The number of primary amides is 1. The molecule has 0 bridgehead atoms. The number of likely N-dealkylation sites (N-methyl/N-ethyl adjacent to an activating group) is 1. The fourth-order valence-corrected chi connectivity index (χ4v) is 2.97. The zero-order valence-corrected chi connectivity index (χ0v) is 12.8. The highest BCUT2D eigenvalue weighted by Crippen LogP contribution is 2.24. The Kier molecular flexibility index (Phi) is 7.39. The largest absolute Gasteiger partial charge is 0.368 e. The van der Waals surface area contributed by atoms with E-state index in [1.165, 1.54) is 32.4 Å². The zero-order chi connectivity index (χ0) is 14.3. The molecule has 1 rings (SSSR count). The minimum absolute atomic E-state index is 0.172. The van der Waals surface area contributed by atoms with Crippen LogP contribution in [0.25, 0.3) is 0 Å². The minimum Gasteiger partial charge on any atom is -0.368 e. The molecular formula is C15H31N3O. The number of carbonyl (C=O) groups is 1. The molecule has 112 valence electrons. The summed E-state index contributed by atoms with van der Waals surface area (Å²) in [5, 5.41) is 3.16. The first-order valence-corrected chi connectivity index (χ1v) is 7.79. The first-order valence-electron chi connectivity index (χ1n) is 7.79. The third kappa shape index (κ3) is 5.91. The van der Waals surface area contributed by atoms with E-state index in [0.29, 0.717) is 0 Å². The van der Waals surface area contributed by atoms with Gasteiger partial charge in [0.25, 0.3) is 0 Å². The first-order chi connectivity index (χ1) is 9.04. The Morgan fingerprint density at radius 1 is 1.37 bits per heavy atom. The summed E-state index contributed by atoms with van der Waals surface area (Å²) in [6, 6.07) is -0.172. The standard InChI is InChI=1S/C15H31N3O/c1-4-17-14(15(16)19)8-11-18-9-5-6-13(7-10-18)12(2)3/h12-14,17H,4-11H2,1-3H3,(H2,16,19). The number of nitrogens with zero attached hydrogens (tertiary/aromatic N) is 1. The van der Waals surface area contributed by atoms with Crippen LogP contribution in [0.2, 0.25) is 0 Å². The molecule has 1 aliphatic heterocycles. The van der Waals surface area contributed by atoms with Gasteiger partial charge in [0.15, 0.2) is 0 Å². The molecule has 3 N–H and O–H groups in total. The van der Waals surface area contributed by atoms with Crippen molar-refractivity contribution in [2.75, 3.05) is 26.2 Å². The number of hydrogen-bond acceptors (Lipinski definition) is 3. The number of rotatable bonds is 7. The summed E-state index contributed by atoms with van der Waals surface area (Å²) in [5.41, 5.74) is 5.41. The van der Waals surface area contributed by atoms with E-state index in [-0.39, 0.29) is 11.9 Å². The van der Waals surface area contributed by atoms with Crippen molar-refractivity contribution in [2.24, 2.45) is 17.6 Å². The second-order valence-corrected chi connectivity index (χ2v) is 6.08. The normalized spacial score (nSPS) is 23.3. The van der Waals surface area contributed by atoms with Gasteiger partial charge in [-0.1, -0.05) is 20.8 Å². The SMILES string of the molecule is CCNC(CCN1CCCC(C(C)C)CC1)C(N)=O. The van der Waals surface area contributed by atoms with Gasteiger partial charge >= 0.3 is 0 Å². The second kappa shape index (κ2) is 8.54. The molecule has 0 saturated carbocycles. The van der Waals surface area contributed by atoms with Crippen LogP contribution in [0.5, 0.6) is 0 Å². The van der Waals surface area contributed by atoms with E-state index >= 15 is 0 Å². The number of carbonyl (C=O) groups excluding carboxylic acids is 1.